The van der Waals surface area contributed by atoms with Crippen LogP contribution in [-0.2, 0) is 4.43 Å². The fourth-order valence-corrected chi connectivity index (χ4v) is 12.8. The van der Waals surface area contributed by atoms with E-state index in [1.165, 1.54) is 75.1 Å². The molecule has 4 saturated carbocycles. The van der Waals surface area contributed by atoms with Crippen LogP contribution >= 0.6 is 0 Å². The Balaban J connectivity index is 1.46. The number of aliphatic hydroxyl groups is 1. The third kappa shape index (κ3) is 5.23. The molecule has 0 heterocycles. The zero-order valence-corrected chi connectivity index (χ0v) is 27.2. The van der Waals surface area contributed by atoms with Gasteiger partial charge in [-0.15, -0.1) is 0 Å². The second-order valence-electron chi connectivity index (χ2n) is 14.7. The van der Waals surface area contributed by atoms with Crippen molar-refractivity contribution in [2.45, 2.75) is 130 Å². The van der Waals surface area contributed by atoms with Crippen molar-refractivity contribution in [1.29, 1.82) is 0 Å². The van der Waals surface area contributed by atoms with E-state index in [2.05, 4.69) is 80.2 Å². The zero-order valence-electron chi connectivity index (χ0n) is 26.2. The van der Waals surface area contributed by atoms with Crippen molar-refractivity contribution in [2.75, 3.05) is 6.61 Å². The highest BCUT2D eigenvalue weighted by atomic mass is 28.4. The van der Waals surface area contributed by atoms with Crippen LogP contribution in [0.1, 0.15) is 107 Å². The van der Waals surface area contributed by atoms with E-state index in [4.69, 9.17) is 4.43 Å². The molecular weight excluding hydrogens is 480 g/mol. The molecule has 2 nitrogen and oxygen atoms in total. The van der Waals surface area contributed by atoms with Gasteiger partial charge < -0.3 is 9.53 Å². The number of fused-ring (bicyclic) bond motifs is 2. The lowest BCUT2D eigenvalue weighted by atomic mass is 9.60. The maximum absolute atomic E-state index is 10.5. The molecule has 4 aliphatic carbocycles. The Bertz CT molecular complexity index is 905. The van der Waals surface area contributed by atoms with Crippen LogP contribution in [0.5, 0.6) is 0 Å². The quantitative estimate of drug-likeness (QED) is 0.197. The highest BCUT2D eigenvalue weighted by molar-refractivity contribution is 6.73. The van der Waals surface area contributed by atoms with Gasteiger partial charge in [0.15, 0.2) is 8.32 Å². The van der Waals surface area contributed by atoms with Crippen LogP contribution < -0.4 is 0 Å². The van der Waals surface area contributed by atoms with Crippen molar-refractivity contribution in [3.05, 3.63) is 36.0 Å². The Morgan fingerprint density at radius 1 is 1.08 bits per heavy atom. The summed E-state index contributed by atoms with van der Waals surface area (Å²) in [4.78, 5) is 0. The number of hydrogen-bond acceptors (Lipinski definition) is 2. The molecule has 3 heteroatoms. The lowest BCUT2D eigenvalue weighted by Crippen LogP contribution is -2.47. The van der Waals surface area contributed by atoms with E-state index >= 15 is 0 Å². The monoisotopic (exact) mass is 540 g/mol. The molecule has 0 aromatic heterocycles. The van der Waals surface area contributed by atoms with Gasteiger partial charge in [0.2, 0.25) is 0 Å². The summed E-state index contributed by atoms with van der Waals surface area (Å²) < 4.78 is 6.97. The summed E-state index contributed by atoms with van der Waals surface area (Å²) in [5.74, 6) is 3.50. The van der Waals surface area contributed by atoms with E-state index in [0.29, 0.717) is 35.7 Å². The predicted molar refractivity (Wildman–Crippen MR) is 166 cm³/mol. The molecule has 0 aromatic carbocycles. The summed E-state index contributed by atoms with van der Waals surface area (Å²) >= 11 is 0. The molecule has 8 atom stereocenters. The first kappa shape index (κ1) is 30.3. The molecule has 0 radical (unpaired) electrons. The average molecular weight is 541 g/mol. The molecule has 0 bridgehead atoms. The summed E-state index contributed by atoms with van der Waals surface area (Å²) in [6.07, 6.45) is 17.9. The van der Waals surface area contributed by atoms with Gasteiger partial charge in [-0.1, -0.05) is 77.5 Å². The molecule has 0 unspecified atom stereocenters. The average Bonchev–Trinajstić information content (AvgIpc) is 3.40. The summed E-state index contributed by atoms with van der Waals surface area (Å²) in [6.45, 7) is 23.8. The molecule has 1 N–H and O–H groups in total. The summed E-state index contributed by atoms with van der Waals surface area (Å²) in [6, 6.07) is 3.63. The zero-order chi connectivity index (χ0) is 27.9. The number of hydrogen-bond donors (Lipinski definition) is 1. The first-order valence-electron chi connectivity index (χ1n) is 16.3. The maximum Gasteiger partial charge on any atom is 0.192 e. The van der Waals surface area contributed by atoms with Crippen molar-refractivity contribution in [1.82, 2.24) is 0 Å². The fourth-order valence-electron chi connectivity index (χ4n) is 9.53. The summed E-state index contributed by atoms with van der Waals surface area (Å²) in [5, 5.41) is 10.5. The minimum atomic E-state index is -1.64. The summed E-state index contributed by atoms with van der Waals surface area (Å²) in [7, 11) is -1.64. The van der Waals surface area contributed by atoms with Crippen LogP contribution in [0.25, 0.3) is 0 Å². The highest BCUT2D eigenvalue weighted by Crippen LogP contribution is 2.70. The van der Waals surface area contributed by atoms with Crippen molar-refractivity contribution in [3.63, 3.8) is 0 Å². The molecule has 0 aliphatic heterocycles. The number of aliphatic hydroxyl groups excluding tert-OH is 1. The maximum atomic E-state index is 10.5. The van der Waals surface area contributed by atoms with E-state index in [1.54, 1.807) is 5.57 Å². The highest BCUT2D eigenvalue weighted by Gasteiger charge is 2.62. The van der Waals surface area contributed by atoms with Gasteiger partial charge in [0, 0.05) is 17.3 Å². The molecule has 4 aliphatic rings. The van der Waals surface area contributed by atoms with E-state index in [9.17, 15) is 5.11 Å². The van der Waals surface area contributed by atoms with Gasteiger partial charge >= 0.3 is 0 Å². The number of rotatable bonds is 12. The van der Waals surface area contributed by atoms with Gasteiger partial charge in [-0.25, -0.2) is 0 Å². The van der Waals surface area contributed by atoms with Crippen molar-refractivity contribution in [3.8, 4) is 0 Å². The second kappa shape index (κ2) is 11.3. The van der Waals surface area contributed by atoms with Gasteiger partial charge in [-0.3, -0.25) is 0 Å². The Morgan fingerprint density at radius 3 is 2.32 bits per heavy atom. The largest absolute Gasteiger partial charge is 0.411 e. The predicted octanol–water partition coefficient (Wildman–Crippen LogP) is 9.72. The topological polar surface area (TPSA) is 29.5 Å². The van der Waals surface area contributed by atoms with Gasteiger partial charge in [0.1, 0.15) is 0 Å². The molecule has 0 spiro atoms. The standard InChI is InChI=1S/C35H60O2Si/c1-10-38(11-2,12-3)37-33(7,8)26(5)16-15-25(4)31-19-20-32-28(14-13-21-34(31,32)9)22-30(24-36)35-23-29(35)18-17-27(35)6/h15-16,22,25-26,29-32,36H,6,10-14,17-21,23-24H2,1-5,7-9H3/b16-15+,28-22+/t25-,26+,29-,30+,31-,32+,34-,35+/m1/s1. The molecule has 216 valence electrons. The van der Waals surface area contributed by atoms with Gasteiger partial charge in [0.25, 0.3) is 0 Å². The van der Waals surface area contributed by atoms with Crippen molar-refractivity contribution in [2.24, 2.45) is 46.3 Å². The van der Waals surface area contributed by atoms with Crippen LogP contribution in [0, 0.1) is 46.3 Å². The van der Waals surface area contributed by atoms with Gasteiger partial charge in [-0.2, -0.15) is 0 Å². The molecule has 0 saturated heterocycles. The SMILES string of the molecule is C=C1CC[C@@H]2C[C@]12[C@@H](/C=C1\CCC[C@]2(C)[C@@H]([C@H](C)/C=C/[C@H](C)C(C)(C)O[Si](CC)(CC)CC)CC[C@@H]12)CO. The molecular formula is C35H60O2Si. The Morgan fingerprint density at radius 2 is 1.76 bits per heavy atom. The van der Waals surface area contributed by atoms with Crippen LogP contribution in [0.3, 0.4) is 0 Å². The Hall–Kier alpha value is -0.643. The molecule has 0 amide bonds. The van der Waals surface area contributed by atoms with Crippen LogP contribution in [0.2, 0.25) is 18.1 Å². The van der Waals surface area contributed by atoms with Crippen molar-refractivity contribution < 1.29 is 9.53 Å². The molecule has 4 rings (SSSR count). The fraction of sp³-hybridized carbons (Fsp3) is 0.829. The lowest BCUT2D eigenvalue weighted by molar-refractivity contribution is 0.0584. The first-order chi connectivity index (χ1) is 17.9. The van der Waals surface area contributed by atoms with Crippen LogP contribution in [0.15, 0.2) is 36.0 Å². The first-order valence-corrected chi connectivity index (χ1v) is 18.8. The lowest BCUT2D eigenvalue weighted by Gasteiger charge is -2.44. The number of allylic oxidation sites excluding steroid dienone is 3. The normalized spacial score (nSPS) is 36.9. The van der Waals surface area contributed by atoms with Crippen LogP contribution in [-0.4, -0.2) is 25.6 Å². The Kier molecular flexibility index (Phi) is 9.03. The van der Waals surface area contributed by atoms with E-state index in [1.807, 2.05) is 0 Å². The van der Waals surface area contributed by atoms with E-state index in [-0.39, 0.29) is 11.0 Å². The van der Waals surface area contributed by atoms with E-state index < -0.39 is 8.32 Å². The molecule has 38 heavy (non-hydrogen) atoms. The summed E-state index contributed by atoms with van der Waals surface area (Å²) in [5.41, 5.74) is 3.61. The van der Waals surface area contributed by atoms with Crippen molar-refractivity contribution >= 4 is 8.32 Å². The van der Waals surface area contributed by atoms with Gasteiger partial charge in [0.05, 0.1) is 12.2 Å². The Labute approximate surface area is 236 Å². The van der Waals surface area contributed by atoms with Crippen LogP contribution in [0.4, 0.5) is 0 Å². The smallest absolute Gasteiger partial charge is 0.192 e. The third-order valence-corrected chi connectivity index (χ3v) is 17.6. The van der Waals surface area contributed by atoms with E-state index in [0.717, 1.165) is 11.8 Å². The van der Waals surface area contributed by atoms with Gasteiger partial charge in [-0.05, 0) is 112 Å². The minimum absolute atomic E-state index is 0.114. The minimum Gasteiger partial charge on any atom is -0.411 e. The third-order valence-electron chi connectivity index (χ3n) is 12.8. The second-order valence-corrected chi connectivity index (χ2v) is 19.4. The molecule has 0 aromatic rings. The molecule has 4 fully saturated rings.